The number of furan rings is 1. The summed E-state index contributed by atoms with van der Waals surface area (Å²) in [7, 11) is 0. The van der Waals surface area contributed by atoms with Crippen LogP contribution in [0.4, 0.5) is 0 Å². The van der Waals surface area contributed by atoms with E-state index in [-0.39, 0.29) is 17.7 Å². The molecule has 0 spiro atoms. The van der Waals surface area contributed by atoms with Crippen molar-refractivity contribution in [2.24, 2.45) is 0 Å². The Labute approximate surface area is 164 Å². The van der Waals surface area contributed by atoms with Crippen LogP contribution in [0.25, 0.3) is 11.5 Å². The molecule has 26 heavy (non-hydrogen) atoms. The first kappa shape index (κ1) is 18.8. The molecule has 0 aliphatic carbocycles. The maximum Gasteiger partial charge on any atom is 0.277 e. The molecule has 6 nitrogen and oxygen atoms in total. The number of amides is 1. The molecule has 2 aromatic heterocycles. The fraction of sp³-hybridized carbons (Fsp3) is 0.235. The molecule has 0 aliphatic heterocycles. The largest absolute Gasteiger partial charge is 0.469 e. The normalized spacial score (nSPS) is 12.2. The van der Waals surface area contributed by atoms with Gasteiger partial charge in [-0.05, 0) is 37.6 Å². The number of benzene rings is 1. The maximum absolute atomic E-state index is 12.1. The summed E-state index contributed by atoms with van der Waals surface area (Å²) in [6, 6.07) is 6.81. The summed E-state index contributed by atoms with van der Waals surface area (Å²) in [6.07, 6.45) is 1.56. The lowest BCUT2D eigenvalue weighted by Crippen LogP contribution is -2.28. The summed E-state index contributed by atoms with van der Waals surface area (Å²) in [6.45, 7) is 3.68. The van der Waals surface area contributed by atoms with Gasteiger partial charge < -0.3 is 14.2 Å². The van der Waals surface area contributed by atoms with E-state index in [9.17, 15) is 4.79 Å². The van der Waals surface area contributed by atoms with Gasteiger partial charge in [-0.1, -0.05) is 41.0 Å². The SMILES string of the molecule is Cc1occc1-c1nnc(SCC(=O)N[C@H](C)c2ccc(Cl)c(Cl)c2)o1. The van der Waals surface area contributed by atoms with Gasteiger partial charge >= 0.3 is 0 Å². The minimum absolute atomic E-state index is 0.150. The van der Waals surface area contributed by atoms with Gasteiger partial charge in [0, 0.05) is 0 Å². The quantitative estimate of drug-likeness (QED) is 0.579. The molecule has 0 saturated carbocycles. The number of carbonyl (C=O) groups excluding carboxylic acids is 1. The number of hydrogen-bond donors (Lipinski definition) is 1. The lowest BCUT2D eigenvalue weighted by molar-refractivity contribution is -0.119. The average Bonchev–Trinajstić information content (AvgIpc) is 3.24. The highest BCUT2D eigenvalue weighted by atomic mass is 35.5. The Kier molecular flexibility index (Phi) is 5.90. The van der Waals surface area contributed by atoms with Crippen molar-refractivity contribution in [2.45, 2.75) is 25.1 Å². The van der Waals surface area contributed by atoms with Gasteiger partial charge in [-0.15, -0.1) is 10.2 Å². The predicted octanol–water partition coefficient (Wildman–Crippen LogP) is 4.91. The van der Waals surface area contributed by atoms with E-state index in [4.69, 9.17) is 32.0 Å². The van der Waals surface area contributed by atoms with Gasteiger partial charge in [-0.2, -0.15) is 0 Å². The minimum atomic E-state index is -0.204. The summed E-state index contributed by atoms with van der Waals surface area (Å²) in [4.78, 5) is 12.1. The first-order valence-corrected chi connectivity index (χ1v) is 9.43. The number of hydrogen-bond acceptors (Lipinski definition) is 6. The molecule has 1 N–H and O–H groups in total. The number of rotatable bonds is 6. The maximum atomic E-state index is 12.1. The van der Waals surface area contributed by atoms with Gasteiger partial charge in [-0.3, -0.25) is 4.79 Å². The van der Waals surface area contributed by atoms with E-state index in [1.807, 2.05) is 19.9 Å². The molecule has 0 fully saturated rings. The molecule has 0 unspecified atom stereocenters. The highest BCUT2D eigenvalue weighted by molar-refractivity contribution is 7.99. The highest BCUT2D eigenvalue weighted by Crippen LogP contribution is 2.27. The number of aromatic nitrogens is 2. The Balaban J connectivity index is 1.55. The Hall–Kier alpha value is -1.96. The third-order valence-electron chi connectivity index (χ3n) is 3.64. The molecule has 1 amide bonds. The number of carbonyl (C=O) groups is 1. The molecule has 136 valence electrons. The third-order valence-corrected chi connectivity index (χ3v) is 5.20. The van der Waals surface area contributed by atoms with E-state index in [1.54, 1.807) is 24.5 Å². The third kappa shape index (κ3) is 4.41. The van der Waals surface area contributed by atoms with Crippen LogP contribution in [0.1, 0.15) is 24.3 Å². The molecule has 1 aromatic carbocycles. The van der Waals surface area contributed by atoms with Crippen molar-refractivity contribution in [3.05, 3.63) is 51.9 Å². The molecule has 0 saturated heterocycles. The second-order valence-corrected chi connectivity index (χ2v) is 7.26. The fourth-order valence-electron chi connectivity index (χ4n) is 2.26. The summed E-state index contributed by atoms with van der Waals surface area (Å²) in [5.74, 6) is 1.05. The summed E-state index contributed by atoms with van der Waals surface area (Å²) < 4.78 is 10.8. The molecule has 0 radical (unpaired) electrons. The molecule has 0 aliphatic rings. The van der Waals surface area contributed by atoms with E-state index < -0.39 is 0 Å². The molecule has 3 aromatic rings. The van der Waals surface area contributed by atoms with Crippen LogP contribution in [0.2, 0.25) is 10.0 Å². The van der Waals surface area contributed by atoms with E-state index in [0.717, 1.165) is 11.1 Å². The van der Waals surface area contributed by atoms with Crippen LogP contribution in [0.5, 0.6) is 0 Å². The van der Waals surface area contributed by atoms with E-state index in [2.05, 4.69) is 15.5 Å². The molecule has 3 rings (SSSR count). The summed E-state index contributed by atoms with van der Waals surface area (Å²) in [5, 5.41) is 12.0. The molecular weight excluding hydrogens is 397 g/mol. The second kappa shape index (κ2) is 8.16. The van der Waals surface area contributed by atoms with E-state index in [1.165, 1.54) is 11.8 Å². The van der Waals surface area contributed by atoms with Crippen molar-refractivity contribution in [2.75, 3.05) is 5.75 Å². The van der Waals surface area contributed by atoms with Crippen LogP contribution in [0.15, 0.2) is 44.6 Å². The zero-order valence-electron chi connectivity index (χ0n) is 14.0. The Morgan fingerprint density at radius 3 is 2.77 bits per heavy atom. The van der Waals surface area contributed by atoms with Gasteiger partial charge in [-0.25, -0.2) is 0 Å². The first-order valence-electron chi connectivity index (χ1n) is 7.69. The van der Waals surface area contributed by atoms with Crippen molar-refractivity contribution in [3.8, 4) is 11.5 Å². The zero-order chi connectivity index (χ0) is 18.7. The topological polar surface area (TPSA) is 81.2 Å². The lowest BCUT2D eigenvalue weighted by atomic mass is 10.1. The Bertz CT molecular complexity index is 926. The smallest absolute Gasteiger partial charge is 0.277 e. The highest BCUT2D eigenvalue weighted by Gasteiger charge is 2.16. The van der Waals surface area contributed by atoms with Crippen LogP contribution in [0, 0.1) is 6.92 Å². The number of nitrogens with zero attached hydrogens (tertiary/aromatic N) is 2. The Morgan fingerprint density at radius 1 is 1.27 bits per heavy atom. The summed E-state index contributed by atoms with van der Waals surface area (Å²) >= 11 is 13.1. The molecule has 1 atom stereocenters. The standard InChI is InChI=1S/C17H15Cl2N3O3S/c1-9(11-3-4-13(18)14(19)7-11)20-15(23)8-26-17-22-21-16(25-17)12-5-6-24-10(12)2/h3-7,9H,8H2,1-2H3,(H,20,23)/t9-/m1/s1. The minimum Gasteiger partial charge on any atom is -0.469 e. The van der Waals surface area contributed by atoms with E-state index in [0.29, 0.717) is 26.9 Å². The van der Waals surface area contributed by atoms with Crippen LogP contribution in [-0.2, 0) is 4.79 Å². The lowest BCUT2D eigenvalue weighted by Gasteiger charge is -2.14. The molecule has 2 heterocycles. The number of nitrogens with one attached hydrogen (secondary N) is 1. The van der Waals surface area contributed by atoms with Gasteiger partial charge in [0.1, 0.15) is 5.76 Å². The van der Waals surface area contributed by atoms with Crippen molar-refractivity contribution in [3.63, 3.8) is 0 Å². The molecule has 9 heteroatoms. The molecule has 0 bridgehead atoms. The summed E-state index contributed by atoms with van der Waals surface area (Å²) in [5.41, 5.74) is 1.61. The Morgan fingerprint density at radius 2 is 2.08 bits per heavy atom. The van der Waals surface area contributed by atoms with Crippen LogP contribution in [-0.4, -0.2) is 21.9 Å². The monoisotopic (exact) mass is 411 g/mol. The fourth-order valence-corrected chi connectivity index (χ4v) is 3.14. The van der Waals surface area contributed by atoms with Gasteiger partial charge in [0.05, 0.1) is 33.7 Å². The number of aryl methyl sites for hydroxylation is 1. The van der Waals surface area contributed by atoms with Gasteiger partial charge in [0.15, 0.2) is 0 Å². The van der Waals surface area contributed by atoms with Crippen LogP contribution in [0.3, 0.4) is 0 Å². The zero-order valence-corrected chi connectivity index (χ0v) is 16.3. The van der Waals surface area contributed by atoms with Crippen LogP contribution >= 0.6 is 35.0 Å². The predicted molar refractivity (Wildman–Crippen MR) is 100 cm³/mol. The number of halogens is 2. The second-order valence-electron chi connectivity index (χ2n) is 5.52. The van der Waals surface area contributed by atoms with Gasteiger partial charge in [0.25, 0.3) is 11.1 Å². The number of thioether (sulfide) groups is 1. The van der Waals surface area contributed by atoms with Gasteiger partial charge in [0.2, 0.25) is 5.91 Å². The molecular formula is C17H15Cl2N3O3S. The van der Waals surface area contributed by atoms with Crippen molar-refractivity contribution < 1.29 is 13.6 Å². The van der Waals surface area contributed by atoms with Crippen molar-refractivity contribution in [1.82, 2.24) is 15.5 Å². The van der Waals surface area contributed by atoms with Crippen LogP contribution < -0.4 is 5.32 Å². The first-order chi connectivity index (χ1) is 12.4. The van der Waals surface area contributed by atoms with E-state index >= 15 is 0 Å². The van der Waals surface area contributed by atoms with Crippen molar-refractivity contribution >= 4 is 40.9 Å². The van der Waals surface area contributed by atoms with Crippen molar-refractivity contribution in [1.29, 1.82) is 0 Å². The average molecular weight is 412 g/mol.